The van der Waals surface area contributed by atoms with E-state index in [0.29, 0.717) is 12.8 Å². The quantitative estimate of drug-likeness (QED) is 0.603. The van der Waals surface area contributed by atoms with Crippen LogP contribution in [0.2, 0.25) is 0 Å². The monoisotopic (exact) mass is 326 g/mol. The molecule has 0 saturated carbocycles. The normalized spacial score (nSPS) is 15.3. The highest BCUT2D eigenvalue weighted by Crippen LogP contribution is 2.21. The van der Waals surface area contributed by atoms with E-state index in [0.717, 1.165) is 12.8 Å². The second kappa shape index (κ2) is 11.3. The average molecular weight is 326 g/mol. The van der Waals surface area contributed by atoms with E-state index in [-0.39, 0.29) is 18.1 Å². The van der Waals surface area contributed by atoms with Crippen LogP contribution in [0.5, 0.6) is 0 Å². The van der Waals surface area contributed by atoms with Gasteiger partial charge < -0.3 is 14.8 Å². The molecule has 1 N–H and O–H groups in total. The highest BCUT2D eigenvalue weighted by atomic mass is 16.6. The average Bonchev–Trinajstić information content (AvgIpc) is 2.45. The first-order valence-corrected chi connectivity index (χ1v) is 8.64. The third-order valence-corrected chi connectivity index (χ3v) is 3.80. The third kappa shape index (κ3) is 10.2. The van der Waals surface area contributed by atoms with Gasteiger partial charge in [0.05, 0.1) is 18.2 Å². The number of nitrogens with one attached hydrogen (secondary N) is 1. The van der Waals surface area contributed by atoms with Gasteiger partial charge in [-0.05, 0) is 39.5 Å². The number of nitrogens with zero attached hydrogens (tertiary/aromatic N) is 1. The summed E-state index contributed by atoms with van der Waals surface area (Å²) in [5, 5.41) is 11.8. The van der Waals surface area contributed by atoms with Crippen LogP contribution in [0.3, 0.4) is 0 Å². The Kier molecular flexibility index (Phi) is 10.7. The molecule has 3 atom stereocenters. The number of carbonyl (C=O) groups excluding carboxylic acids is 1. The predicted octanol–water partition coefficient (Wildman–Crippen LogP) is 4.41. The molecular weight excluding hydrogens is 292 g/mol. The fraction of sp³-hybridized carbons (Fsp3) is 0.889. The van der Waals surface area contributed by atoms with Crippen LogP contribution < -0.4 is 5.32 Å². The Morgan fingerprint density at radius 1 is 1.26 bits per heavy atom. The van der Waals surface area contributed by atoms with Gasteiger partial charge in [0, 0.05) is 13.5 Å². The van der Waals surface area contributed by atoms with Gasteiger partial charge in [-0.25, -0.2) is 4.79 Å². The number of nitriles is 1. The molecule has 0 rings (SSSR count). The van der Waals surface area contributed by atoms with Crippen LogP contribution in [0.25, 0.3) is 0 Å². The van der Waals surface area contributed by atoms with Crippen molar-refractivity contribution in [3.05, 3.63) is 0 Å². The molecular formula is C18H34N2O3. The number of ether oxygens (including phenoxy) is 2. The van der Waals surface area contributed by atoms with Gasteiger partial charge in [0.1, 0.15) is 5.60 Å². The topological polar surface area (TPSA) is 71.3 Å². The van der Waals surface area contributed by atoms with Crippen molar-refractivity contribution in [2.45, 2.75) is 90.9 Å². The second-order valence-electron chi connectivity index (χ2n) is 7.12. The van der Waals surface area contributed by atoms with Crippen molar-refractivity contribution in [2.75, 3.05) is 7.11 Å². The minimum atomic E-state index is -0.532. The molecule has 0 radical (unpaired) electrons. The zero-order chi connectivity index (χ0) is 17.9. The van der Waals surface area contributed by atoms with Gasteiger partial charge in [-0.15, -0.1) is 0 Å². The van der Waals surface area contributed by atoms with Crippen molar-refractivity contribution >= 4 is 6.09 Å². The fourth-order valence-corrected chi connectivity index (χ4v) is 2.59. The van der Waals surface area contributed by atoms with Crippen molar-refractivity contribution in [3.8, 4) is 6.07 Å². The van der Waals surface area contributed by atoms with Gasteiger partial charge in [-0.2, -0.15) is 5.26 Å². The number of hydrogen-bond acceptors (Lipinski definition) is 4. The molecule has 0 aliphatic rings. The minimum Gasteiger partial charge on any atom is -0.444 e. The Labute approximate surface area is 141 Å². The summed E-state index contributed by atoms with van der Waals surface area (Å²) in [5.74, 6) is 0.262. The lowest BCUT2D eigenvalue weighted by Gasteiger charge is -2.32. The van der Waals surface area contributed by atoms with E-state index in [1.54, 1.807) is 7.11 Å². The summed E-state index contributed by atoms with van der Waals surface area (Å²) < 4.78 is 10.9. The van der Waals surface area contributed by atoms with Gasteiger partial charge >= 0.3 is 6.09 Å². The molecule has 0 aliphatic carbocycles. The maximum absolute atomic E-state index is 12.1. The first-order chi connectivity index (χ1) is 10.7. The van der Waals surface area contributed by atoms with Crippen LogP contribution in [0.15, 0.2) is 0 Å². The molecule has 134 valence electrons. The molecule has 5 nitrogen and oxygen atoms in total. The van der Waals surface area contributed by atoms with Crippen molar-refractivity contribution in [1.82, 2.24) is 5.32 Å². The van der Waals surface area contributed by atoms with Gasteiger partial charge in [0.25, 0.3) is 0 Å². The third-order valence-electron chi connectivity index (χ3n) is 3.80. The Bertz CT molecular complexity index is 371. The number of methoxy groups -OCH3 is 1. The van der Waals surface area contributed by atoms with E-state index < -0.39 is 11.7 Å². The Hall–Kier alpha value is -1.28. The van der Waals surface area contributed by atoms with Crippen LogP contribution in [-0.2, 0) is 9.47 Å². The van der Waals surface area contributed by atoms with Crippen LogP contribution in [-0.4, -0.2) is 30.9 Å². The van der Waals surface area contributed by atoms with Crippen LogP contribution >= 0.6 is 0 Å². The fourth-order valence-electron chi connectivity index (χ4n) is 2.59. The van der Waals surface area contributed by atoms with E-state index in [1.807, 2.05) is 20.8 Å². The number of hydrogen-bond donors (Lipinski definition) is 1. The van der Waals surface area contributed by atoms with Crippen LogP contribution in [0, 0.1) is 17.2 Å². The van der Waals surface area contributed by atoms with Crippen molar-refractivity contribution in [3.63, 3.8) is 0 Å². The molecule has 0 aromatic carbocycles. The van der Waals surface area contributed by atoms with Crippen molar-refractivity contribution in [1.29, 1.82) is 5.26 Å². The van der Waals surface area contributed by atoms with Crippen molar-refractivity contribution in [2.24, 2.45) is 5.92 Å². The standard InChI is InChI=1S/C18H34N2O3/c1-7-8-9-11-14(2)16(15(22-6)12-10-13-19)20-17(21)23-18(3,4)5/h14-16H,7-12H2,1-6H3,(H,20,21)/t14-,15+,16+/m0/s1. The lowest BCUT2D eigenvalue weighted by molar-refractivity contribution is 0.0204. The van der Waals surface area contributed by atoms with E-state index in [2.05, 4.69) is 25.2 Å². The summed E-state index contributed by atoms with van der Waals surface area (Å²) in [4.78, 5) is 12.1. The van der Waals surface area contributed by atoms with Crippen molar-refractivity contribution < 1.29 is 14.3 Å². The van der Waals surface area contributed by atoms with Gasteiger partial charge in [0.15, 0.2) is 0 Å². The van der Waals surface area contributed by atoms with E-state index in [1.165, 1.54) is 12.8 Å². The maximum atomic E-state index is 12.1. The van der Waals surface area contributed by atoms with E-state index in [4.69, 9.17) is 14.7 Å². The van der Waals surface area contributed by atoms with E-state index >= 15 is 0 Å². The summed E-state index contributed by atoms with van der Waals surface area (Å²) in [5.41, 5.74) is -0.532. The van der Waals surface area contributed by atoms with Gasteiger partial charge in [0.2, 0.25) is 0 Å². The smallest absolute Gasteiger partial charge is 0.407 e. The van der Waals surface area contributed by atoms with Crippen LogP contribution in [0.1, 0.15) is 73.1 Å². The molecule has 0 bridgehead atoms. The van der Waals surface area contributed by atoms with Crippen LogP contribution in [0.4, 0.5) is 4.79 Å². The summed E-state index contributed by atoms with van der Waals surface area (Å²) in [6.45, 7) is 9.82. The molecule has 0 aromatic rings. The lowest BCUT2D eigenvalue weighted by atomic mass is 9.89. The Morgan fingerprint density at radius 3 is 2.39 bits per heavy atom. The molecule has 0 spiro atoms. The number of unbranched alkanes of at least 4 members (excludes halogenated alkanes) is 2. The second-order valence-corrected chi connectivity index (χ2v) is 7.12. The molecule has 0 unspecified atom stereocenters. The molecule has 0 aliphatic heterocycles. The first-order valence-electron chi connectivity index (χ1n) is 8.64. The van der Waals surface area contributed by atoms with Gasteiger partial charge in [-0.1, -0.05) is 33.1 Å². The lowest BCUT2D eigenvalue weighted by Crippen LogP contribution is -2.49. The Balaban J connectivity index is 4.89. The SMILES string of the molecule is CCCCC[C@H](C)[C@@H](NC(=O)OC(C)(C)C)[C@@H](CCC#N)OC. The highest BCUT2D eigenvalue weighted by molar-refractivity contribution is 5.68. The summed E-state index contributed by atoms with van der Waals surface area (Å²) in [7, 11) is 1.63. The number of amides is 1. The van der Waals surface area contributed by atoms with Gasteiger partial charge in [-0.3, -0.25) is 0 Å². The zero-order valence-electron chi connectivity index (χ0n) is 15.6. The minimum absolute atomic E-state index is 0.153. The number of alkyl carbamates (subject to hydrolysis) is 1. The molecule has 0 heterocycles. The summed E-state index contributed by atoms with van der Waals surface area (Å²) in [6, 6.07) is 1.99. The largest absolute Gasteiger partial charge is 0.444 e. The highest BCUT2D eigenvalue weighted by Gasteiger charge is 2.29. The zero-order valence-corrected chi connectivity index (χ0v) is 15.6. The first kappa shape index (κ1) is 21.7. The maximum Gasteiger partial charge on any atom is 0.407 e. The summed E-state index contributed by atoms with van der Waals surface area (Å²) >= 11 is 0. The number of carbonyl (C=O) groups is 1. The molecule has 5 heteroatoms. The predicted molar refractivity (Wildman–Crippen MR) is 92.1 cm³/mol. The molecule has 0 aromatic heterocycles. The number of rotatable bonds is 10. The molecule has 1 amide bonds. The summed E-state index contributed by atoms with van der Waals surface area (Å²) in [6.07, 6.45) is 4.89. The van der Waals surface area contributed by atoms with E-state index in [9.17, 15) is 4.79 Å². The molecule has 0 fully saturated rings. The Morgan fingerprint density at radius 2 is 1.91 bits per heavy atom. The molecule has 0 saturated heterocycles. The molecule has 23 heavy (non-hydrogen) atoms.